The summed E-state index contributed by atoms with van der Waals surface area (Å²) in [7, 11) is 3.12. The molecule has 0 bridgehead atoms. The Hall–Kier alpha value is -3.13. The van der Waals surface area contributed by atoms with Crippen molar-refractivity contribution < 1.29 is 24.2 Å². The van der Waals surface area contributed by atoms with Crippen molar-refractivity contribution in [1.82, 2.24) is 9.78 Å². The summed E-state index contributed by atoms with van der Waals surface area (Å²) in [6.07, 6.45) is 5.18. The monoisotopic (exact) mass is 439 g/mol. The van der Waals surface area contributed by atoms with Gasteiger partial charge in [0.25, 0.3) is 0 Å². The molecule has 1 amide bonds. The first-order chi connectivity index (χ1) is 15.4. The van der Waals surface area contributed by atoms with Crippen LogP contribution in [-0.2, 0) is 0 Å². The number of nitrogens with one attached hydrogen (secondary N) is 1. The zero-order chi connectivity index (χ0) is 22.8. The summed E-state index contributed by atoms with van der Waals surface area (Å²) in [5, 5.41) is 18.4. The minimum atomic E-state index is -0.291. The summed E-state index contributed by atoms with van der Waals surface area (Å²) >= 11 is 0. The van der Waals surface area contributed by atoms with Gasteiger partial charge in [-0.1, -0.05) is 13.8 Å². The summed E-state index contributed by atoms with van der Waals surface area (Å²) < 4.78 is 9.08. The molecule has 2 N–H and O–H groups in total. The van der Waals surface area contributed by atoms with E-state index in [9.17, 15) is 9.90 Å². The van der Waals surface area contributed by atoms with Crippen LogP contribution in [0.25, 0.3) is 10.9 Å². The van der Waals surface area contributed by atoms with Gasteiger partial charge in [-0.3, -0.25) is 14.3 Å². The highest BCUT2D eigenvalue weighted by Gasteiger charge is 2.28. The lowest BCUT2D eigenvalue weighted by molar-refractivity contribution is -0.892. The van der Waals surface area contributed by atoms with E-state index in [0.717, 1.165) is 42.3 Å². The summed E-state index contributed by atoms with van der Waals surface area (Å²) in [4.78, 5) is 18.6. The van der Waals surface area contributed by atoms with Crippen molar-refractivity contribution in [3.05, 3.63) is 47.9 Å². The molecule has 1 aliphatic carbocycles. The number of hydrogen-bond acceptors (Lipinski definition) is 5. The number of methoxy groups -OCH3 is 1. The minimum Gasteiger partial charge on any atom is -0.494 e. The number of hydrogen-bond donors (Lipinski definition) is 2. The van der Waals surface area contributed by atoms with Crippen LogP contribution in [0.2, 0.25) is 0 Å². The fourth-order valence-corrected chi connectivity index (χ4v) is 4.35. The molecule has 0 atom stereocenters. The molecular formula is C24H31N4O4+. The van der Waals surface area contributed by atoms with Crippen molar-refractivity contribution in [3.63, 3.8) is 0 Å². The van der Waals surface area contributed by atoms with Crippen LogP contribution < -0.4 is 19.6 Å². The van der Waals surface area contributed by atoms with E-state index in [4.69, 9.17) is 14.7 Å². The predicted molar refractivity (Wildman–Crippen MR) is 121 cm³/mol. The molecule has 32 heavy (non-hydrogen) atoms. The molecule has 8 heteroatoms. The van der Waals surface area contributed by atoms with Crippen LogP contribution in [0.1, 0.15) is 67.7 Å². The number of fused-ring (bicyclic) bond motifs is 1. The van der Waals surface area contributed by atoms with Crippen LogP contribution in [-0.4, -0.2) is 41.1 Å². The number of amides is 1. The average Bonchev–Trinajstić information content (AvgIpc) is 3.21. The van der Waals surface area contributed by atoms with Gasteiger partial charge in [0, 0.05) is 40.4 Å². The molecule has 3 aromatic rings. The van der Waals surface area contributed by atoms with Gasteiger partial charge in [0.2, 0.25) is 5.69 Å². The van der Waals surface area contributed by atoms with Crippen molar-refractivity contribution in [3.8, 4) is 5.75 Å². The topological polar surface area (TPSA) is 89.5 Å². The number of carbonyl (C=O) groups excluding carboxylic acids is 1. The van der Waals surface area contributed by atoms with Crippen molar-refractivity contribution >= 4 is 22.5 Å². The highest BCUT2D eigenvalue weighted by Crippen LogP contribution is 2.33. The highest BCUT2D eigenvalue weighted by molar-refractivity contribution is 6.04. The number of aliphatic hydroxyl groups is 1. The van der Waals surface area contributed by atoms with Gasteiger partial charge >= 0.3 is 11.6 Å². The SMILES string of the molecule is COc1cc2nn(C3CCC(O)CC3)cc2cc1NC(=O)c1cccc(C(C)C)[n+]1OC. The average molecular weight is 440 g/mol. The molecule has 1 aromatic carbocycles. The van der Waals surface area contributed by atoms with Gasteiger partial charge in [0.1, 0.15) is 12.9 Å². The third-order valence-electron chi connectivity index (χ3n) is 6.11. The summed E-state index contributed by atoms with van der Waals surface area (Å²) in [5.41, 5.74) is 2.68. The number of aliphatic hydroxyl groups excluding tert-OH is 1. The summed E-state index contributed by atoms with van der Waals surface area (Å²) in [6, 6.07) is 9.52. The molecule has 0 radical (unpaired) electrons. The Kier molecular flexibility index (Phi) is 6.32. The van der Waals surface area contributed by atoms with Gasteiger partial charge in [0.15, 0.2) is 0 Å². The largest absolute Gasteiger partial charge is 0.494 e. The molecule has 0 aliphatic heterocycles. The maximum absolute atomic E-state index is 13.1. The Morgan fingerprint density at radius 1 is 1.22 bits per heavy atom. The lowest BCUT2D eigenvalue weighted by Gasteiger charge is -2.25. The third kappa shape index (κ3) is 4.27. The fraction of sp³-hybridized carbons (Fsp3) is 0.458. The molecule has 1 fully saturated rings. The fourth-order valence-electron chi connectivity index (χ4n) is 4.35. The van der Waals surface area contributed by atoms with Gasteiger partial charge in [-0.15, -0.1) is 0 Å². The van der Waals surface area contributed by atoms with E-state index in [1.807, 2.05) is 49.0 Å². The smallest absolute Gasteiger partial charge is 0.325 e. The Morgan fingerprint density at radius 3 is 2.62 bits per heavy atom. The zero-order valence-electron chi connectivity index (χ0n) is 19.0. The van der Waals surface area contributed by atoms with E-state index in [1.165, 1.54) is 0 Å². The van der Waals surface area contributed by atoms with Crippen LogP contribution in [0.3, 0.4) is 0 Å². The van der Waals surface area contributed by atoms with Crippen LogP contribution in [0.5, 0.6) is 5.75 Å². The second-order valence-electron chi connectivity index (χ2n) is 8.60. The Labute approximate surface area is 187 Å². The zero-order valence-corrected chi connectivity index (χ0v) is 19.0. The number of benzene rings is 1. The van der Waals surface area contributed by atoms with E-state index in [-0.39, 0.29) is 24.0 Å². The number of anilines is 1. The lowest BCUT2D eigenvalue weighted by Crippen LogP contribution is -2.51. The standard InChI is InChI=1S/C24H30N4O4/c1-15(2)21-6-5-7-22(28(21)32-4)24(30)25-20-12-16-14-27(17-8-10-18(29)11-9-17)26-19(16)13-23(20)31-3/h5-7,12-15,17-18,29H,8-11H2,1-4H3/p+1. The predicted octanol–water partition coefficient (Wildman–Crippen LogP) is 3.24. The highest BCUT2D eigenvalue weighted by atomic mass is 16.6. The molecule has 1 aliphatic rings. The molecule has 0 spiro atoms. The van der Waals surface area contributed by atoms with Gasteiger partial charge < -0.3 is 15.2 Å². The Balaban J connectivity index is 1.64. The molecule has 0 saturated heterocycles. The first kappa shape index (κ1) is 22.1. The molecule has 4 rings (SSSR count). The number of ether oxygens (including phenoxy) is 1. The van der Waals surface area contributed by atoms with Gasteiger partial charge in [0.05, 0.1) is 30.5 Å². The Bertz CT molecular complexity index is 1120. The van der Waals surface area contributed by atoms with Crippen LogP contribution >= 0.6 is 0 Å². The van der Waals surface area contributed by atoms with Crippen LogP contribution in [0, 0.1) is 0 Å². The lowest BCUT2D eigenvalue weighted by atomic mass is 9.93. The quantitative estimate of drug-likeness (QED) is 0.576. The van der Waals surface area contributed by atoms with Crippen molar-refractivity contribution in [1.29, 1.82) is 0 Å². The minimum absolute atomic E-state index is 0.195. The third-order valence-corrected chi connectivity index (χ3v) is 6.11. The molecule has 2 heterocycles. The molecule has 8 nitrogen and oxygen atoms in total. The molecule has 170 valence electrons. The van der Waals surface area contributed by atoms with Gasteiger partial charge in [-0.25, -0.2) is 0 Å². The van der Waals surface area contributed by atoms with E-state index in [1.54, 1.807) is 25.0 Å². The number of nitrogens with zero attached hydrogens (tertiary/aromatic N) is 3. The number of aromatic nitrogens is 3. The van der Waals surface area contributed by atoms with Crippen molar-refractivity contribution in [2.75, 3.05) is 19.5 Å². The van der Waals surface area contributed by atoms with E-state index >= 15 is 0 Å². The summed E-state index contributed by atoms with van der Waals surface area (Å²) in [5.74, 6) is 0.445. The van der Waals surface area contributed by atoms with Crippen molar-refractivity contribution in [2.24, 2.45) is 0 Å². The van der Waals surface area contributed by atoms with E-state index in [0.29, 0.717) is 17.1 Å². The molecular weight excluding hydrogens is 408 g/mol. The maximum atomic E-state index is 13.1. The van der Waals surface area contributed by atoms with E-state index < -0.39 is 0 Å². The number of carbonyl (C=O) groups is 1. The second-order valence-corrected chi connectivity index (χ2v) is 8.60. The normalized spacial score (nSPS) is 18.7. The van der Waals surface area contributed by atoms with Crippen LogP contribution in [0.4, 0.5) is 5.69 Å². The van der Waals surface area contributed by atoms with Crippen molar-refractivity contribution in [2.45, 2.75) is 57.6 Å². The first-order valence-electron chi connectivity index (χ1n) is 11.1. The van der Waals surface area contributed by atoms with Gasteiger partial charge in [-0.2, -0.15) is 5.10 Å². The molecule has 1 saturated carbocycles. The number of rotatable bonds is 6. The molecule has 2 aromatic heterocycles. The first-order valence-corrected chi connectivity index (χ1v) is 11.1. The second kappa shape index (κ2) is 9.16. The maximum Gasteiger partial charge on any atom is 0.325 e. The van der Waals surface area contributed by atoms with Crippen LogP contribution in [0.15, 0.2) is 36.5 Å². The van der Waals surface area contributed by atoms with Gasteiger partial charge in [-0.05, 0) is 37.8 Å². The number of pyridine rings is 1. The summed E-state index contributed by atoms with van der Waals surface area (Å²) in [6.45, 7) is 4.10. The Morgan fingerprint density at radius 2 is 1.97 bits per heavy atom. The molecule has 0 unspecified atom stereocenters. The van der Waals surface area contributed by atoms with E-state index in [2.05, 4.69) is 5.32 Å².